The number of nitrogens with zero attached hydrogens (tertiary/aromatic N) is 1. The molecule has 0 aliphatic heterocycles. The van der Waals surface area contributed by atoms with Gasteiger partial charge < -0.3 is 0 Å². The summed E-state index contributed by atoms with van der Waals surface area (Å²) in [5, 5.41) is 11.1. The third-order valence-electron chi connectivity index (χ3n) is 3.59. The standard InChI is InChI=1S/C19H13NO3/c21-19(15-6-2-1-3-7-15)16-12-10-14(11-13-16)17-8-4-5-9-18(17)20(22)23/h1-13H. The van der Waals surface area contributed by atoms with Gasteiger partial charge in [0.25, 0.3) is 5.69 Å². The van der Waals surface area contributed by atoms with E-state index < -0.39 is 4.92 Å². The molecule has 0 saturated heterocycles. The van der Waals surface area contributed by atoms with E-state index in [0.717, 1.165) is 0 Å². The van der Waals surface area contributed by atoms with E-state index in [1.165, 1.54) is 6.07 Å². The van der Waals surface area contributed by atoms with Gasteiger partial charge in [-0.2, -0.15) is 0 Å². The van der Waals surface area contributed by atoms with E-state index in [1.807, 2.05) is 18.2 Å². The van der Waals surface area contributed by atoms with Crippen LogP contribution in [0.15, 0.2) is 78.9 Å². The zero-order chi connectivity index (χ0) is 16.2. The quantitative estimate of drug-likeness (QED) is 0.405. The maximum Gasteiger partial charge on any atom is 0.277 e. The first kappa shape index (κ1) is 14.7. The Morgan fingerprint density at radius 3 is 1.96 bits per heavy atom. The maximum atomic E-state index is 12.4. The Bertz CT molecular complexity index is 855. The second-order valence-electron chi connectivity index (χ2n) is 5.05. The fraction of sp³-hybridized carbons (Fsp3) is 0. The molecule has 0 atom stereocenters. The van der Waals surface area contributed by atoms with Gasteiger partial charge in [0.15, 0.2) is 5.78 Å². The van der Waals surface area contributed by atoms with Gasteiger partial charge in [-0.25, -0.2) is 0 Å². The Morgan fingerprint density at radius 1 is 0.739 bits per heavy atom. The summed E-state index contributed by atoms with van der Waals surface area (Å²) >= 11 is 0. The molecule has 3 aromatic carbocycles. The van der Waals surface area contributed by atoms with Crippen LogP contribution in [0, 0.1) is 10.1 Å². The normalized spacial score (nSPS) is 10.3. The van der Waals surface area contributed by atoms with Crippen LogP contribution < -0.4 is 0 Å². The molecular formula is C19H13NO3. The fourth-order valence-electron chi connectivity index (χ4n) is 2.43. The van der Waals surface area contributed by atoms with Crippen molar-refractivity contribution in [2.75, 3.05) is 0 Å². The predicted octanol–water partition coefficient (Wildman–Crippen LogP) is 4.49. The first-order valence-electron chi connectivity index (χ1n) is 7.10. The van der Waals surface area contributed by atoms with Gasteiger partial charge in [-0.15, -0.1) is 0 Å². The molecule has 0 N–H and O–H groups in total. The lowest BCUT2D eigenvalue weighted by molar-refractivity contribution is -0.384. The number of carbonyl (C=O) groups excluding carboxylic acids is 1. The lowest BCUT2D eigenvalue weighted by Crippen LogP contribution is -2.00. The van der Waals surface area contributed by atoms with Crippen LogP contribution in [-0.4, -0.2) is 10.7 Å². The van der Waals surface area contributed by atoms with Crippen LogP contribution >= 0.6 is 0 Å². The van der Waals surface area contributed by atoms with Crippen LogP contribution in [0.1, 0.15) is 15.9 Å². The lowest BCUT2D eigenvalue weighted by atomic mass is 9.98. The van der Waals surface area contributed by atoms with Crippen molar-refractivity contribution in [2.45, 2.75) is 0 Å². The van der Waals surface area contributed by atoms with E-state index in [2.05, 4.69) is 0 Å². The largest absolute Gasteiger partial charge is 0.289 e. The number of hydrogen-bond acceptors (Lipinski definition) is 3. The maximum absolute atomic E-state index is 12.4. The van der Waals surface area contributed by atoms with Gasteiger partial charge in [-0.3, -0.25) is 14.9 Å². The van der Waals surface area contributed by atoms with Gasteiger partial charge in [-0.1, -0.05) is 66.7 Å². The highest BCUT2D eigenvalue weighted by Crippen LogP contribution is 2.29. The minimum absolute atomic E-state index is 0.0506. The van der Waals surface area contributed by atoms with E-state index in [9.17, 15) is 14.9 Å². The van der Waals surface area contributed by atoms with Crippen LogP contribution in [0.25, 0.3) is 11.1 Å². The van der Waals surface area contributed by atoms with Gasteiger partial charge in [0.1, 0.15) is 0 Å². The molecule has 0 unspecified atom stereocenters. The van der Waals surface area contributed by atoms with Crippen LogP contribution in [0.5, 0.6) is 0 Å². The third kappa shape index (κ3) is 3.01. The first-order valence-corrected chi connectivity index (χ1v) is 7.10. The van der Waals surface area contributed by atoms with Crippen molar-refractivity contribution in [3.63, 3.8) is 0 Å². The number of benzene rings is 3. The highest BCUT2D eigenvalue weighted by Gasteiger charge is 2.15. The van der Waals surface area contributed by atoms with Crippen molar-refractivity contribution in [1.29, 1.82) is 0 Å². The Hall–Kier alpha value is -3.27. The van der Waals surface area contributed by atoms with Crippen molar-refractivity contribution >= 4 is 11.5 Å². The number of para-hydroxylation sites is 1. The summed E-state index contributed by atoms with van der Waals surface area (Å²) in [6.07, 6.45) is 0. The Balaban J connectivity index is 1.95. The molecule has 0 heterocycles. The second kappa shape index (κ2) is 6.23. The molecule has 23 heavy (non-hydrogen) atoms. The van der Waals surface area contributed by atoms with Gasteiger partial charge in [0.05, 0.1) is 10.5 Å². The summed E-state index contributed by atoms with van der Waals surface area (Å²) in [5.74, 6) is -0.0697. The molecule has 4 heteroatoms. The smallest absolute Gasteiger partial charge is 0.277 e. The van der Waals surface area contributed by atoms with E-state index in [0.29, 0.717) is 22.3 Å². The molecule has 112 valence electrons. The van der Waals surface area contributed by atoms with E-state index in [1.54, 1.807) is 54.6 Å². The number of ketones is 1. The van der Waals surface area contributed by atoms with Crippen molar-refractivity contribution in [2.24, 2.45) is 0 Å². The molecule has 0 amide bonds. The average Bonchev–Trinajstić information content (AvgIpc) is 2.62. The topological polar surface area (TPSA) is 60.2 Å². The molecular weight excluding hydrogens is 290 g/mol. The summed E-state index contributed by atoms with van der Waals surface area (Å²) in [6.45, 7) is 0. The molecule has 0 fully saturated rings. The number of nitro benzene ring substituents is 1. The summed E-state index contributed by atoms with van der Waals surface area (Å²) in [7, 11) is 0. The average molecular weight is 303 g/mol. The highest BCUT2D eigenvalue weighted by atomic mass is 16.6. The molecule has 0 aromatic heterocycles. The molecule has 3 aromatic rings. The molecule has 0 saturated carbocycles. The Kier molecular flexibility index (Phi) is 3.97. The van der Waals surface area contributed by atoms with Crippen molar-refractivity contribution in [3.8, 4) is 11.1 Å². The number of nitro groups is 1. The highest BCUT2D eigenvalue weighted by molar-refractivity contribution is 6.09. The molecule has 0 aliphatic carbocycles. The number of rotatable bonds is 4. The summed E-state index contributed by atoms with van der Waals surface area (Å²) in [6, 6.07) is 22.4. The molecule has 0 aliphatic rings. The van der Waals surface area contributed by atoms with Crippen LogP contribution in [0.3, 0.4) is 0 Å². The van der Waals surface area contributed by atoms with E-state index >= 15 is 0 Å². The van der Waals surface area contributed by atoms with Gasteiger partial charge in [0.2, 0.25) is 0 Å². The summed E-state index contributed by atoms with van der Waals surface area (Å²) in [4.78, 5) is 23.1. The minimum atomic E-state index is -0.404. The van der Waals surface area contributed by atoms with Gasteiger partial charge >= 0.3 is 0 Å². The molecule has 0 spiro atoms. The molecule has 0 bridgehead atoms. The van der Waals surface area contributed by atoms with Crippen LogP contribution in [0.4, 0.5) is 5.69 Å². The Morgan fingerprint density at radius 2 is 1.30 bits per heavy atom. The Labute approximate surface area is 133 Å². The third-order valence-corrected chi connectivity index (χ3v) is 3.59. The van der Waals surface area contributed by atoms with E-state index in [4.69, 9.17) is 0 Å². The molecule has 3 rings (SSSR count). The van der Waals surface area contributed by atoms with Gasteiger partial charge in [-0.05, 0) is 11.6 Å². The zero-order valence-corrected chi connectivity index (χ0v) is 12.2. The summed E-state index contributed by atoms with van der Waals surface area (Å²) < 4.78 is 0. The predicted molar refractivity (Wildman–Crippen MR) is 88.4 cm³/mol. The number of hydrogen-bond donors (Lipinski definition) is 0. The molecule has 4 nitrogen and oxygen atoms in total. The van der Waals surface area contributed by atoms with Gasteiger partial charge in [0, 0.05) is 17.2 Å². The second-order valence-corrected chi connectivity index (χ2v) is 5.05. The first-order chi connectivity index (χ1) is 11.2. The minimum Gasteiger partial charge on any atom is -0.289 e. The van der Waals surface area contributed by atoms with E-state index in [-0.39, 0.29) is 11.5 Å². The van der Waals surface area contributed by atoms with Crippen molar-refractivity contribution in [3.05, 3.63) is 100 Å². The van der Waals surface area contributed by atoms with Crippen LogP contribution in [0.2, 0.25) is 0 Å². The monoisotopic (exact) mass is 303 g/mol. The number of carbonyl (C=O) groups is 1. The van der Waals surface area contributed by atoms with Crippen molar-refractivity contribution < 1.29 is 9.72 Å². The molecule has 0 radical (unpaired) electrons. The van der Waals surface area contributed by atoms with Crippen molar-refractivity contribution in [1.82, 2.24) is 0 Å². The summed E-state index contributed by atoms with van der Waals surface area (Å²) in [5.41, 5.74) is 2.47. The lowest BCUT2D eigenvalue weighted by Gasteiger charge is -2.05. The zero-order valence-electron chi connectivity index (χ0n) is 12.2. The SMILES string of the molecule is O=C(c1ccccc1)c1ccc(-c2ccccc2[N+](=O)[O-])cc1. The fourth-order valence-corrected chi connectivity index (χ4v) is 2.43. The van der Waals surface area contributed by atoms with Crippen LogP contribution in [-0.2, 0) is 0 Å².